The number of hydrogen-bond acceptors (Lipinski definition) is 4. The maximum Gasteiger partial charge on any atom is 0.223 e. The molecule has 8 heteroatoms. The largest absolute Gasteiger partial charge is 0.436 e. The van der Waals surface area contributed by atoms with Crippen molar-refractivity contribution in [3.8, 4) is 11.6 Å². The molecule has 146 valence electrons. The van der Waals surface area contributed by atoms with Crippen LogP contribution >= 0.6 is 11.8 Å². The molecule has 0 bridgehead atoms. The van der Waals surface area contributed by atoms with Gasteiger partial charge in [0.05, 0.1) is 5.69 Å². The molecule has 3 aromatic rings. The standard InChI is InChI=1S/C20H16F4N2OS/c1-11(2)17-9-19(27-18-6-5-14(22)8-16(18)24)26-20(25-17)28-10-12-3-4-13(21)7-15(12)23/h3-9,11H,10H2,1-2H3. The van der Waals surface area contributed by atoms with E-state index >= 15 is 0 Å². The average Bonchev–Trinajstić information content (AvgIpc) is 2.63. The van der Waals surface area contributed by atoms with Crippen molar-refractivity contribution in [3.63, 3.8) is 0 Å². The summed E-state index contributed by atoms with van der Waals surface area (Å²) in [5.74, 6) is -2.75. The molecule has 0 fully saturated rings. The lowest BCUT2D eigenvalue weighted by atomic mass is 10.1. The summed E-state index contributed by atoms with van der Waals surface area (Å²) in [4.78, 5) is 8.60. The molecule has 3 nitrogen and oxygen atoms in total. The van der Waals surface area contributed by atoms with Gasteiger partial charge >= 0.3 is 0 Å². The highest BCUT2D eigenvalue weighted by Gasteiger charge is 2.13. The first kappa shape index (κ1) is 20.1. The van der Waals surface area contributed by atoms with Crippen LogP contribution in [0.25, 0.3) is 0 Å². The molecule has 1 aromatic heterocycles. The van der Waals surface area contributed by atoms with Gasteiger partial charge in [-0.25, -0.2) is 22.5 Å². The van der Waals surface area contributed by atoms with Crippen molar-refractivity contribution in [2.45, 2.75) is 30.7 Å². The minimum Gasteiger partial charge on any atom is -0.436 e. The van der Waals surface area contributed by atoms with E-state index in [0.29, 0.717) is 22.5 Å². The molecule has 0 atom stereocenters. The Morgan fingerprint density at radius 3 is 2.21 bits per heavy atom. The molecule has 0 N–H and O–H groups in total. The number of hydrogen-bond donors (Lipinski definition) is 0. The average molecular weight is 408 g/mol. The van der Waals surface area contributed by atoms with Gasteiger partial charge in [0.1, 0.15) is 17.5 Å². The molecule has 0 saturated carbocycles. The van der Waals surface area contributed by atoms with Crippen LogP contribution in [-0.2, 0) is 5.75 Å². The maximum absolute atomic E-state index is 13.9. The molecule has 3 rings (SSSR count). The predicted molar refractivity (Wildman–Crippen MR) is 98.5 cm³/mol. The lowest BCUT2D eigenvalue weighted by Gasteiger charge is -2.11. The Morgan fingerprint density at radius 1 is 0.893 bits per heavy atom. The monoisotopic (exact) mass is 408 g/mol. The summed E-state index contributed by atoms with van der Waals surface area (Å²) >= 11 is 1.14. The van der Waals surface area contributed by atoms with Gasteiger partial charge in [0.15, 0.2) is 16.7 Å². The van der Waals surface area contributed by atoms with Gasteiger partial charge in [-0.3, -0.25) is 0 Å². The van der Waals surface area contributed by atoms with Gasteiger partial charge in [-0.2, -0.15) is 4.98 Å². The third-order valence-corrected chi connectivity index (χ3v) is 4.67. The van der Waals surface area contributed by atoms with Crippen LogP contribution in [0.1, 0.15) is 31.0 Å². The van der Waals surface area contributed by atoms with Gasteiger partial charge in [-0.1, -0.05) is 31.7 Å². The first-order valence-electron chi connectivity index (χ1n) is 8.40. The third kappa shape index (κ3) is 5.01. The lowest BCUT2D eigenvalue weighted by Crippen LogP contribution is -2.01. The number of rotatable bonds is 6. The van der Waals surface area contributed by atoms with Crippen LogP contribution in [0.3, 0.4) is 0 Å². The molecule has 0 aliphatic carbocycles. The number of benzene rings is 2. The summed E-state index contributed by atoms with van der Waals surface area (Å²) in [6, 6.07) is 7.87. The smallest absolute Gasteiger partial charge is 0.223 e. The summed E-state index contributed by atoms with van der Waals surface area (Å²) < 4.78 is 59.2. The van der Waals surface area contributed by atoms with Crippen molar-refractivity contribution in [3.05, 3.63) is 77.0 Å². The van der Waals surface area contributed by atoms with E-state index < -0.39 is 23.3 Å². The number of aromatic nitrogens is 2. The van der Waals surface area contributed by atoms with Crippen molar-refractivity contribution >= 4 is 11.8 Å². The Morgan fingerprint density at radius 2 is 1.57 bits per heavy atom. The van der Waals surface area contributed by atoms with Crippen molar-refractivity contribution in [2.24, 2.45) is 0 Å². The summed E-state index contributed by atoms with van der Waals surface area (Å²) in [6.45, 7) is 3.83. The molecule has 1 heterocycles. The number of halogens is 4. The Bertz CT molecular complexity index is 998. The van der Waals surface area contributed by atoms with Crippen LogP contribution < -0.4 is 4.74 Å². The number of ether oxygens (including phenoxy) is 1. The molecule has 0 spiro atoms. The Balaban J connectivity index is 1.84. The SMILES string of the molecule is CC(C)c1cc(Oc2ccc(F)cc2F)nc(SCc2ccc(F)cc2F)n1. The highest BCUT2D eigenvalue weighted by Crippen LogP contribution is 2.29. The first-order valence-corrected chi connectivity index (χ1v) is 9.39. The Labute approximate surface area is 163 Å². The van der Waals surface area contributed by atoms with E-state index in [-0.39, 0.29) is 23.3 Å². The fourth-order valence-corrected chi connectivity index (χ4v) is 3.13. The van der Waals surface area contributed by atoms with Gasteiger partial charge in [-0.05, 0) is 29.7 Å². The van der Waals surface area contributed by atoms with E-state index in [1.54, 1.807) is 6.07 Å². The van der Waals surface area contributed by atoms with Crippen molar-refractivity contribution in [2.75, 3.05) is 0 Å². The Hall–Kier alpha value is -2.61. The van der Waals surface area contributed by atoms with Gasteiger partial charge in [0.2, 0.25) is 5.88 Å². The second-order valence-electron chi connectivity index (χ2n) is 6.27. The minimum atomic E-state index is -0.854. The molecule has 0 radical (unpaired) electrons. The summed E-state index contributed by atoms with van der Waals surface area (Å²) in [7, 11) is 0. The fourth-order valence-electron chi connectivity index (χ4n) is 2.29. The van der Waals surface area contributed by atoms with E-state index in [0.717, 1.165) is 23.9 Å². The lowest BCUT2D eigenvalue weighted by molar-refractivity contribution is 0.417. The molecule has 0 aliphatic rings. The van der Waals surface area contributed by atoms with Crippen LogP contribution in [0, 0.1) is 23.3 Å². The molecule has 0 aliphatic heterocycles. The highest BCUT2D eigenvalue weighted by atomic mass is 32.2. The maximum atomic E-state index is 13.9. The quantitative estimate of drug-likeness (QED) is 0.275. The van der Waals surface area contributed by atoms with E-state index in [1.807, 2.05) is 13.8 Å². The van der Waals surface area contributed by atoms with Crippen molar-refractivity contribution in [1.29, 1.82) is 0 Å². The highest BCUT2D eigenvalue weighted by molar-refractivity contribution is 7.98. The number of nitrogens with zero attached hydrogens (tertiary/aromatic N) is 2. The zero-order valence-electron chi connectivity index (χ0n) is 15.0. The van der Waals surface area contributed by atoms with E-state index in [9.17, 15) is 17.6 Å². The Kier molecular flexibility index (Phi) is 6.18. The zero-order valence-corrected chi connectivity index (χ0v) is 15.9. The van der Waals surface area contributed by atoms with Crippen LogP contribution in [-0.4, -0.2) is 9.97 Å². The van der Waals surface area contributed by atoms with Crippen molar-refractivity contribution in [1.82, 2.24) is 9.97 Å². The molecular formula is C20H16F4N2OS. The van der Waals surface area contributed by atoms with Gasteiger partial charge in [-0.15, -0.1) is 0 Å². The summed E-state index contributed by atoms with van der Waals surface area (Å²) in [6.07, 6.45) is 0. The predicted octanol–water partition coefficient (Wildman–Crippen LogP) is 6.24. The molecule has 2 aromatic carbocycles. The van der Waals surface area contributed by atoms with Crippen LogP contribution in [0.5, 0.6) is 11.6 Å². The molecule has 28 heavy (non-hydrogen) atoms. The van der Waals surface area contributed by atoms with Gasteiger partial charge in [0.25, 0.3) is 0 Å². The van der Waals surface area contributed by atoms with Crippen LogP contribution in [0.4, 0.5) is 17.6 Å². The summed E-state index contributed by atoms with van der Waals surface area (Å²) in [5, 5.41) is 0.299. The molecule has 0 amide bonds. The molecule has 0 saturated heterocycles. The van der Waals surface area contributed by atoms with E-state index in [1.165, 1.54) is 18.2 Å². The van der Waals surface area contributed by atoms with Crippen molar-refractivity contribution < 1.29 is 22.3 Å². The second kappa shape index (κ2) is 8.60. The van der Waals surface area contributed by atoms with E-state index in [4.69, 9.17) is 4.74 Å². The summed E-state index contributed by atoms with van der Waals surface area (Å²) in [5.41, 5.74) is 0.951. The fraction of sp³-hybridized carbons (Fsp3) is 0.200. The molecular weight excluding hydrogens is 392 g/mol. The van der Waals surface area contributed by atoms with Crippen LogP contribution in [0.2, 0.25) is 0 Å². The topological polar surface area (TPSA) is 35.0 Å². The number of thioether (sulfide) groups is 1. The molecule has 0 unspecified atom stereocenters. The third-order valence-electron chi connectivity index (χ3n) is 3.77. The zero-order chi connectivity index (χ0) is 20.3. The minimum absolute atomic E-state index is 0.0327. The normalized spacial score (nSPS) is 11.1. The van der Waals surface area contributed by atoms with Gasteiger partial charge in [0, 0.05) is 24.0 Å². The van der Waals surface area contributed by atoms with Gasteiger partial charge < -0.3 is 4.74 Å². The van der Waals surface area contributed by atoms with E-state index in [2.05, 4.69) is 9.97 Å². The van der Waals surface area contributed by atoms with Crippen LogP contribution in [0.15, 0.2) is 47.6 Å². The second-order valence-corrected chi connectivity index (χ2v) is 7.21. The first-order chi connectivity index (χ1) is 13.3.